The van der Waals surface area contributed by atoms with E-state index < -0.39 is 12.0 Å². The monoisotopic (exact) mass is 292 g/mol. The fourth-order valence-corrected chi connectivity index (χ4v) is 1.99. The van der Waals surface area contributed by atoms with Gasteiger partial charge in [0.25, 0.3) is 0 Å². The number of hydrogen-bond acceptors (Lipinski definition) is 4. The van der Waals surface area contributed by atoms with E-state index in [0.29, 0.717) is 25.1 Å². The topological polar surface area (TPSA) is 120 Å². The van der Waals surface area contributed by atoms with Crippen LogP contribution in [0.2, 0.25) is 0 Å². The van der Waals surface area contributed by atoms with Crippen LogP contribution in [0.1, 0.15) is 28.9 Å². The Balaban J connectivity index is 1.74. The summed E-state index contributed by atoms with van der Waals surface area (Å²) < 4.78 is 0. The van der Waals surface area contributed by atoms with Gasteiger partial charge in [-0.2, -0.15) is 0 Å². The Bertz CT molecular complexity index is 561. The number of aromatic nitrogens is 1. The number of pyridine rings is 1. The summed E-state index contributed by atoms with van der Waals surface area (Å²) in [5, 5.41) is 16.8. The number of nitrogens with zero attached hydrogens (tertiary/aromatic N) is 1. The number of carbonyl (C=O) groups excluding carboxylic acids is 2. The van der Waals surface area contributed by atoms with Crippen LogP contribution < -0.4 is 16.0 Å². The van der Waals surface area contributed by atoms with E-state index in [1.165, 1.54) is 18.3 Å². The molecule has 112 valence electrons. The maximum Gasteiger partial charge on any atom is 0.335 e. The molecule has 1 aromatic rings. The average Bonchev–Trinajstić information content (AvgIpc) is 2.89. The highest BCUT2D eigenvalue weighted by Gasteiger charge is 2.20. The number of urea groups is 1. The van der Waals surface area contributed by atoms with Crippen LogP contribution in [0.15, 0.2) is 18.3 Å². The Morgan fingerprint density at radius 1 is 1.43 bits per heavy atom. The van der Waals surface area contributed by atoms with Gasteiger partial charge in [0.1, 0.15) is 0 Å². The molecule has 1 fully saturated rings. The van der Waals surface area contributed by atoms with Gasteiger partial charge in [0, 0.05) is 25.2 Å². The fraction of sp³-hybridized carbons (Fsp3) is 0.385. The third-order valence-electron chi connectivity index (χ3n) is 3.09. The summed E-state index contributed by atoms with van der Waals surface area (Å²) in [6, 6.07) is 2.37. The maximum absolute atomic E-state index is 11.6. The second kappa shape index (κ2) is 6.69. The zero-order chi connectivity index (χ0) is 15.2. The molecule has 1 unspecified atom stereocenters. The molecule has 2 rings (SSSR count). The Morgan fingerprint density at radius 3 is 2.90 bits per heavy atom. The number of aromatic carboxylic acids is 1. The Morgan fingerprint density at radius 2 is 2.24 bits per heavy atom. The van der Waals surface area contributed by atoms with Gasteiger partial charge in [-0.1, -0.05) is 0 Å². The van der Waals surface area contributed by atoms with Gasteiger partial charge in [-0.05, 0) is 18.6 Å². The average molecular weight is 292 g/mol. The summed E-state index contributed by atoms with van der Waals surface area (Å²) in [4.78, 5) is 37.4. The second-order valence-electron chi connectivity index (χ2n) is 4.71. The first kappa shape index (κ1) is 14.8. The van der Waals surface area contributed by atoms with Crippen LogP contribution >= 0.6 is 0 Å². The predicted molar refractivity (Wildman–Crippen MR) is 72.6 cm³/mol. The second-order valence-corrected chi connectivity index (χ2v) is 4.71. The predicted octanol–water partition coefficient (Wildman–Crippen LogP) is -0.142. The van der Waals surface area contributed by atoms with Crippen molar-refractivity contribution < 1.29 is 19.5 Å². The van der Waals surface area contributed by atoms with Crippen molar-refractivity contribution in [2.45, 2.75) is 25.4 Å². The molecule has 0 saturated carbocycles. The fourth-order valence-electron chi connectivity index (χ4n) is 1.99. The molecule has 0 bridgehead atoms. The summed E-state index contributed by atoms with van der Waals surface area (Å²) >= 11 is 0. The van der Waals surface area contributed by atoms with Crippen molar-refractivity contribution in [1.82, 2.24) is 20.9 Å². The normalized spacial score (nSPS) is 17.1. The Hall–Kier alpha value is -2.64. The first-order valence-corrected chi connectivity index (χ1v) is 6.54. The van der Waals surface area contributed by atoms with Crippen molar-refractivity contribution in [2.75, 3.05) is 6.54 Å². The van der Waals surface area contributed by atoms with Gasteiger partial charge in [-0.3, -0.25) is 9.78 Å². The third kappa shape index (κ3) is 4.44. The minimum Gasteiger partial charge on any atom is -0.478 e. The van der Waals surface area contributed by atoms with Gasteiger partial charge in [0.15, 0.2) is 0 Å². The highest BCUT2D eigenvalue weighted by Crippen LogP contribution is 2.05. The van der Waals surface area contributed by atoms with E-state index in [4.69, 9.17) is 5.11 Å². The van der Waals surface area contributed by atoms with Gasteiger partial charge < -0.3 is 21.1 Å². The number of rotatable bonds is 5. The number of carboxylic acids is 1. The lowest BCUT2D eigenvalue weighted by atomic mass is 10.2. The lowest BCUT2D eigenvalue weighted by molar-refractivity contribution is -0.119. The molecule has 1 aliphatic rings. The summed E-state index contributed by atoms with van der Waals surface area (Å²) in [7, 11) is 0. The largest absolute Gasteiger partial charge is 0.478 e. The van der Waals surface area contributed by atoms with E-state index in [9.17, 15) is 14.4 Å². The summed E-state index contributed by atoms with van der Waals surface area (Å²) in [5.74, 6) is -1.04. The number of nitrogens with one attached hydrogen (secondary N) is 3. The van der Waals surface area contributed by atoms with E-state index in [0.717, 1.165) is 0 Å². The highest BCUT2D eigenvalue weighted by molar-refractivity contribution is 5.87. The third-order valence-corrected chi connectivity index (χ3v) is 3.09. The van der Waals surface area contributed by atoms with Gasteiger partial charge in [-0.15, -0.1) is 0 Å². The van der Waals surface area contributed by atoms with Crippen LogP contribution in [0.4, 0.5) is 4.79 Å². The molecule has 2 heterocycles. The molecule has 0 radical (unpaired) electrons. The van der Waals surface area contributed by atoms with E-state index in [-0.39, 0.29) is 24.1 Å². The number of carbonyl (C=O) groups is 3. The summed E-state index contributed by atoms with van der Waals surface area (Å²) in [6.45, 7) is 0.490. The van der Waals surface area contributed by atoms with Crippen LogP contribution in [-0.2, 0) is 11.3 Å². The molecule has 1 aliphatic heterocycles. The smallest absolute Gasteiger partial charge is 0.335 e. The standard InChI is InChI=1S/C13H16N4O4/c18-11-2-1-9(17-11)6-15-13(21)16-7-10-5-8(12(19)20)3-4-14-10/h3-5,9H,1-2,6-7H2,(H,17,18)(H,19,20)(H2,15,16,21). The van der Waals surface area contributed by atoms with Crippen LogP contribution in [0.3, 0.4) is 0 Å². The van der Waals surface area contributed by atoms with E-state index in [1.54, 1.807) is 0 Å². The molecule has 0 aliphatic carbocycles. The molecule has 8 heteroatoms. The first-order valence-electron chi connectivity index (χ1n) is 6.54. The maximum atomic E-state index is 11.6. The summed E-state index contributed by atoms with van der Waals surface area (Å²) in [6.07, 6.45) is 2.58. The van der Waals surface area contributed by atoms with Crippen LogP contribution in [0.5, 0.6) is 0 Å². The Labute approximate surface area is 120 Å². The van der Waals surface area contributed by atoms with Crippen molar-refractivity contribution in [1.29, 1.82) is 0 Å². The van der Waals surface area contributed by atoms with Gasteiger partial charge in [0.05, 0.1) is 17.8 Å². The van der Waals surface area contributed by atoms with Crippen LogP contribution in [-0.4, -0.2) is 40.6 Å². The zero-order valence-electron chi connectivity index (χ0n) is 11.3. The van der Waals surface area contributed by atoms with Crippen molar-refractivity contribution >= 4 is 17.9 Å². The molecule has 0 spiro atoms. The molecule has 4 N–H and O–H groups in total. The zero-order valence-corrected chi connectivity index (χ0v) is 11.3. The summed E-state index contributed by atoms with van der Waals surface area (Å²) in [5.41, 5.74) is 0.579. The van der Waals surface area contributed by atoms with E-state index in [2.05, 4.69) is 20.9 Å². The lowest BCUT2D eigenvalue weighted by Crippen LogP contribution is -2.42. The van der Waals surface area contributed by atoms with Gasteiger partial charge >= 0.3 is 12.0 Å². The van der Waals surface area contributed by atoms with Crippen LogP contribution in [0, 0.1) is 0 Å². The highest BCUT2D eigenvalue weighted by atomic mass is 16.4. The molecular formula is C13H16N4O4. The van der Waals surface area contributed by atoms with Crippen molar-refractivity contribution in [3.8, 4) is 0 Å². The molecular weight excluding hydrogens is 276 g/mol. The lowest BCUT2D eigenvalue weighted by Gasteiger charge is -2.12. The molecule has 1 saturated heterocycles. The quantitative estimate of drug-likeness (QED) is 0.602. The Kier molecular flexibility index (Phi) is 4.70. The van der Waals surface area contributed by atoms with Gasteiger partial charge in [-0.25, -0.2) is 9.59 Å². The number of amides is 3. The molecule has 1 aromatic heterocycles. The number of carboxylic acid groups (broad SMARTS) is 1. The molecule has 8 nitrogen and oxygen atoms in total. The van der Waals surface area contributed by atoms with Crippen molar-refractivity contribution in [3.05, 3.63) is 29.6 Å². The van der Waals surface area contributed by atoms with Crippen LogP contribution in [0.25, 0.3) is 0 Å². The number of hydrogen-bond donors (Lipinski definition) is 4. The van der Waals surface area contributed by atoms with E-state index in [1.807, 2.05) is 0 Å². The molecule has 1 atom stereocenters. The van der Waals surface area contributed by atoms with E-state index >= 15 is 0 Å². The SMILES string of the molecule is O=C1CCC(CNC(=O)NCc2cc(C(=O)O)ccn2)N1. The molecule has 21 heavy (non-hydrogen) atoms. The van der Waals surface area contributed by atoms with Gasteiger partial charge in [0.2, 0.25) is 5.91 Å². The minimum atomic E-state index is -1.04. The first-order chi connectivity index (χ1) is 10.0. The minimum absolute atomic E-state index is 0.00288. The van der Waals surface area contributed by atoms with Crippen molar-refractivity contribution in [2.24, 2.45) is 0 Å². The van der Waals surface area contributed by atoms with Crippen molar-refractivity contribution in [3.63, 3.8) is 0 Å². The molecule has 3 amide bonds. The molecule has 0 aromatic carbocycles.